The van der Waals surface area contributed by atoms with Crippen LogP contribution in [0.4, 0.5) is 0 Å². The average Bonchev–Trinajstić information content (AvgIpc) is 3.43. The molecule has 4 heterocycles. The van der Waals surface area contributed by atoms with E-state index < -0.39 is 0 Å². The highest BCUT2D eigenvalue weighted by Gasteiger charge is 2.51. The van der Waals surface area contributed by atoms with E-state index in [1.807, 2.05) is 34.2 Å². The summed E-state index contributed by atoms with van der Waals surface area (Å²) in [6.07, 6.45) is 9.40. The lowest BCUT2D eigenvalue weighted by molar-refractivity contribution is -0.128. The molecule has 2 fully saturated rings. The summed E-state index contributed by atoms with van der Waals surface area (Å²) in [4.78, 5) is 25.5. The molecule has 3 atom stereocenters. The highest BCUT2D eigenvalue weighted by Crippen LogP contribution is 2.49. The summed E-state index contributed by atoms with van der Waals surface area (Å²) in [7, 11) is 0. The van der Waals surface area contributed by atoms with Crippen LogP contribution >= 0.6 is 0 Å². The van der Waals surface area contributed by atoms with E-state index in [-0.39, 0.29) is 11.4 Å². The summed E-state index contributed by atoms with van der Waals surface area (Å²) < 4.78 is 1.97. The largest absolute Gasteiger partial charge is 0.346 e. The van der Waals surface area contributed by atoms with E-state index in [0.29, 0.717) is 18.3 Å². The third kappa shape index (κ3) is 2.50. The van der Waals surface area contributed by atoms with Crippen molar-refractivity contribution < 1.29 is 4.79 Å². The molecule has 1 aliphatic carbocycles. The van der Waals surface area contributed by atoms with Crippen molar-refractivity contribution in [3.8, 4) is 17.3 Å². The average molecular weight is 375 g/mol. The van der Waals surface area contributed by atoms with Crippen molar-refractivity contribution in [3.05, 3.63) is 31.0 Å². The third-order valence-electron chi connectivity index (χ3n) is 6.41. The number of carbonyl (C=O) groups excluding carboxylic acids is 1. The van der Waals surface area contributed by atoms with Crippen LogP contribution in [0.5, 0.6) is 0 Å². The lowest BCUT2D eigenvalue weighted by Gasteiger charge is -2.29. The van der Waals surface area contributed by atoms with Gasteiger partial charge in [0.05, 0.1) is 29.9 Å². The molecule has 0 bridgehead atoms. The Labute approximate surface area is 162 Å². The van der Waals surface area contributed by atoms with Crippen molar-refractivity contribution in [1.82, 2.24) is 29.6 Å². The quantitative estimate of drug-likeness (QED) is 0.757. The van der Waals surface area contributed by atoms with E-state index in [9.17, 15) is 10.1 Å². The summed E-state index contributed by atoms with van der Waals surface area (Å²) in [5.41, 5.74) is 2.25. The third-order valence-corrected chi connectivity index (χ3v) is 6.41. The van der Waals surface area contributed by atoms with Crippen LogP contribution in [0.1, 0.15) is 26.2 Å². The predicted octanol–water partition coefficient (Wildman–Crippen LogP) is 2.32. The van der Waals surface area contributed by atoms with Crippen LogP contribution in [0, 0.1) is 23.2 Å². The Morgan fingerprint density at radius 2 is 2.14 bits per heavy atom. The van der Waals surface area contributed by atoms with Gasteiger partial charge < -0.3 is 9.88 Å². The molecule has 0 spiro atoms. The van der Waals surface area contributed by atoms with Gasteiger partial charge in [-0.2, -0.15) is 10.4 Å². The molecule has 28 heavy (non-hydrogen) atoms. The van der Waals surface area contributed by atoms with Crippen molar-refractivity contribution in [1.29, 1.82) is 5.26 Å². The maximum absolute atomic E-state index is 11.7. The first-order chi connectivity index (χ1) is 13.6. The molecule has 142 valence electrons. The zero-order chi connectivity index (χ0) is 19.3. The Balaban J connectivity index is 1.48. The minimum atomic E-state index is -0.310. The number of H-pyrrole nitrogens is 1. The number of amides is 1. The van der Waals surface area contributed by atoms with E-state index in [0.717, 1.165) is 48.2 Å². The molecule has 8 heteroatoms. The van der Waals surface area contributed by atoms with Crippen molar-refractivity contribution >= 4 is 16.9 Å². The highest BCUT2D eigenvalue weighted by atomic mass is 16.2. The number of rotatable bonds is 3. The van der Waals surface area contributed by atoms with E-state index in [1.54, 1.807) is 13.3 Å². The molecule has 0 radical (unpaired) electrons. The summed E-state index contributed by atoms with van der Waals surface area (Å²) in [5, 5.41) is 15.1. The molecule has 1 amide bonds. The van der Waals surface area contributed by atoms with Gasteiger partial charge in [-0.1, -0.05) is 0 Å². The number of nitrogens with zero attached hydrogens (tertiary/aromatic N) is 6. The minimum absolute atomic E-state index is 0.140. The first-order valence-corrected chi connectivity index (χ1v) is 9.56. The van der Waals surface area contributed by atoms with Crippen LogP contribution in [0.3, 0.4) is 0 Å². The number of carbonyl (C=O) groups is 1. The molecule has 5 rings (SSSR count). The molecule has 8 nitrogen and oxygen atoms in total. The topological polar surface area (TPSA) is 103 Å². The Morgan fingerprint density at radius 1 is 1.36 bits per heavy atom. The second-order valence-corrected chi connectivity index (χ2v) is 8.05. The Morgan fingerprint density at radius 3 is 2.86 bits per heavy atom. The van der Waals surface area contributed by atoms with Gasteiger partial charge in [0.1, 0.15) is 12.0 Å². The fraction of sp³-hybridized carbons (Fsp3) is 0.450. The molecule has 1 aliphatic heterocycles. The fourth-order valence-electron chi connectivity index (χ4n) is 5.08. The summed E-state index contributed by atoms with van der Waals surface area (Å²) >= 11 is 0. The smallest absolute Gasteiger partial charge is 0.219 e. The summed E-state index contributed by atoms with van der Waals surface area (Å²) in [5.74, 6) is 1.00. The number of fused-ring (bicyclic) bond motifs is 2. The molecular weight excluding hydrogens is 354 g/mol. The molecule has 3 aromatic rings. The van der Waals surface area contributed by atoms with Gasteiger partial charge in [-0.15, -0.1) is 0 Å². The Bertz CT molecular complexity index is 1080. The van der Waals surface area contributed by atoms with Gasteiger partial charge in [0.15, 0.2) is 0 Å². The first kappa shape index (κ1) is 16.9. The van der Waals surface area contributed by atoms with Crippen LogP contribution in [0.2, 0.25) is 0 Å². The molecule has 1 saturated heterocycles. The Kier molecular flexibility index (Phi) is 3.72. The van der Waals surface area contributed by atoms with Crippen molar-refractivity contribution in [2.75, 3.05) is 13.1 Å². The van der Waals surface area contributed by atoms with Crippen LogP contribution in [-0.4, -0.2) is 48.6 Å². The molecule has 3 aromatic heterocycles. The van der Waals surface area contributed by atoms with Gasteiger partial charge >= 0.3 is 0 Å². The number of hydrogen-bond acceptors (Lipinski definition) is 5. The van der Waals surface area contributed by atoms with E-state index in [2.05, 4.69) is 26.1 Å². The second-order valence-electron chi connectivity index (χ2n) is 8.05. The fourth-order valence-corrected chi connectivity index (χ4v) is 5.08. The second kappa shape index (κ2) is 6.16. The molecule has 0 unspecified atom stereocenters. The van der Waals surface area contributed by atoms with Crippen LogP contribution in [0.25, 0.3) is 22.3 Å². The summed E-state index contributed by atoms with van der Waals surface area (Å²) in [6, 6.07) is 4.34. The maximum Gasteiger partial charge on any atom is 0.219 e. The molecular formula is C20H21N7O. The lowest BCUT2D eigenvalue weighted by Crippen LogP contribution is -2.35. The van der Waals surface area contributed by atoms with E-state index >= 15 is 0 Å². The Hall–Kier alpha value is -3.21. The number of aromatic nitrogens is 5. The first-order valence-electron chi connectivity index (χ1n) is 9.56. The number of aromatic amines is 1. The zero-order valence-electron chi connectivity index (χ0n) is 15.7. The van der Waals surface area contributed by atoms with Crippen LogP contribution < -0.4 is 0 Å². The van der Waals surface area contributed by atoms with E-state index in [1.165, 1.54) is 0 Å². The van der Waals surface area contributed by atoms with Gasteiger partial charge in [0.25, 0.3) is 0 Å². The van der Waals surface area contributed by atoms with Gasteiger partial charge in [-0.25, -0.2) is 9.97 Å². The van der Waals surface area contributed by atoms with Crippen molar-refractivity contribution in [2.45, 2.75) is 31.7 Å². The SMILES string of the molecule is CC(=O)N1C[C@@H]2C[C@](CC#N)(n3cc(-c4ncnc5[nH]ccc45)cn3)C[C@@H]2C1. The number of hydrogen-bond donors (Lipinski definition) is 1. The standard InChI is InChI=1S/C20H21N7O/c1-13(28)26-9-14-6-20(3-4-21,7-15(14)10-26)27-11-16(8-25-27)18-17-2-5-22-19(17)24-12-23-18/h2,5,8,11-12,14-15H,3,6-7,9-10H2,1H3,(H,22,23,24)/t14-,15+,20-. The zero-order valence-corrected chi connectivity index (χ0v) is 15.7. The van der Waals surface area contributed by atoms with Gasteiger partial charge in [-0.05, 0) is 30.7 Å². The van der Waals surface area contributed by atoms with Gasteiger partial charge in [0.2, 0.25) is 5.91 Å². The summed E-state index contributed by atoms with van der Waals surface area (Å²) in [6.45, 7) is 3.21. The molecule has 1 N–H and O–H groups in total. The highest BCUT2D eigenvalue weighted by molar-refractivity contribution is 5.90. The predicted molar refractivity (Wildman–Crippen MR) is 102 cm³/mol. The van der Waals surface area contributed by atoms with E-state index in [4.69, 9.17) is 0 Å². The van der Waals surface area contributed by atoms with Gasteiger partial charge in [0, 0.05) is 43.4 Å². The molecule has 2 aliphatic rings. The monoisotopic (exact) mass is 375 g/mol. The molecule has 1 saturated carbocycles. The van der Waals surface area contributed by atoms with Crippen LogP contribution in [0.15, 0.2) is 31.0 Å². The number of likely N-dealkylation sites (tertiary alicyclic amines) is 1. The van der Waals surface area contributed by atoms with Crippen LogP contribution in [-0.2, 0) is 10.3 Å². The number of nitriles is 1. The normalized spacial score (nSPS) is 26.5. The van der Waals surface area contributed by atoms with Crippen molar-refractivity contribution in [2.24, 2.45) is 11.8 Å². The van der Waals surface area contributed by atoms with Crippen molar-refractivity contribution in [3.63, 3.8) is 0 Å². The molecule has 0 aromatic carbocycles. The lowest BCUT2D eigenvalue weighted by atomic mass is 9.92. The maximum atomic E-state index is 11.7. The number of nitrogens with one attached hydrogen (secondary N) is 1. The van der Waals surface area contributed by atoms with Gasteiger partial charge in [-0.3, -0.25) is 9.48 Å². The minimum Gasteiger partial charge on any atom is -0.346 e.